The zero-order valence-corrected chi connectivity index (χ0v) is 54.1. The lowest BCUT2D eigenvalue weighted by Crippen LogP contribution is -2.61. The minimum absolute atomic E-state index is 0.0270. The van der Waals surface area contributed by atoms with Gasteiger partial charge in [-0.3, -0.25) is 0 Å². The van der Waals surface area contributed by atoms with E-state index in [1.807, 2.05) is 0 Å². The van der Waals surface area contributed by atoms with Crippen LogP contribution in [0.15, 0.2) is 164 Å². The van der Waals surface area contributed by atoms with E-state index in [4.69, 9.17) is 0 Å². The maximum atomic E-state index is 2.83. The van der Waals surface area contributed by atoms with Crippen LogP contribution in [0.25, 0.3) is 99.1 Å². The number of hydrogen-bond acceptors (Lipinski definition) is 0. The third-order valence-electron chi connectivity index (χ3n) is 21.0. The maximum absolute atomic E-state index is 2.83. The summed E-state index contributed by atoms with van der Waals surface area (Å²) in [5.41, 5.74) is 32.5. The summed E-state index contributed by atoms with van der Waals surface area (Å²) in [5.74, 6) is 0. The van der Waals surface area contributed by atoms with Gasteiger partial charge in [-0.25, -0.2) is 0 Å². The average molecular weight is 1120 g/mol. The van der Waals surface area contributed by atoms with Gasteiger partial charge in [0.05, 0.1) is 22.1 Å². The number of nitrogens with zero attached hydrogens (tertiary/aromatic N) is 2. The van der Waals surface area contributed by atoms with E-state index >= 15 is 0 Å². The van der Waals surface area contributed by atoms with Gasteiger partial charge in [0.2, 0.25) is 0 Å². The fourth-order valence-corrected chi connectivity index (χ4v) is 16.2. The molecule has 3 heteroatoms. The van der Waals surface area contributed by atoms with Crippen LogP contribution < -0.4 is 16.4 Å². The Morgan fingerprint density at radius 3 is 1.28 bits per heavy atom. The lowest BCUT2D eigenvalue weighted by Gasteiger charge is -2.45. The highest BCUT2D eigenvalue weighted by atomic mass is 15.1. The molecule has 0 bridgehead atoms. The maximum Gasteiger partial charge on any atom is 0.252 e. The van der Waals surface area contributed by atoms with Crippen LogP contribution in [0.5, 0.6) is 0 Å². The summed E-state index contributed by atoms with van der Waals surface area (Å²) in [7, 11) is 0. The van der Waals surface area contributed by atoms with Gasteiger partial charge in [-0.05, 0) is 180 Å². The highest BCUT2D eigenvalue weighted by Gasteiger charge is 2.55. The lowest BCUT2D eigenvalue weighted by molar-refractivity contribution is 0.569. The Hall–Kier alpha value is -7.88. The van der Waals surface area contributed by atoms with Crippen molar-refractivity contribution >= 4 is 77.5 Å². The highest BCUT2D eigenvalue weighted by molar-refractivity contribution is 7.00. The topological polar surface area (TPSA) is 9.86 Å². The molecule has 2 aromatic heterocycles. The molecule has 12 aromatic rings. The summed E-state index contributed by atoms with van der Waals surface area (Å²) < 4.78 is 5.61. The molecule has 4 aliphatic rings. The van der Waals surface area contributed by atoms with E-state index < -0.39 is 5.41 Å². The molecule has 0 unspecified atom stereocenters. The zero-order chi connectivity index (χ0) is 60.2. The van der Waals surface area contributed by atoms with Crippen LogP contribution in [0.2, 0.25) is 0 Å². The predicted octanol–water partition coefficient (Wildman–Crippen LogP) is 20.0. The van der Waals surface area contributed by atoms with Crippen LogP contribution in [-0.4, -0.2) is 15.8 Å². The van der Waals surface area contributed by atoms with Crippen LogP contribution >= 0.6 is 0 Å². The predicted molar refractivity (Wildman–Crippen MR) is 371 cm³/mol. The van der Waals surface area contributed by atoms with Crippen molar-refractivity contribution in [1.29, 1.82) is 0 Å². The Bertz CT molecular complexity index is 4960. The molecule has 0 radical (unpaired) electrons. The van der Waals surface area contributed by atoms with E-state index in [-0.39, 0.29) is 39.2 Å². The molecule has 0 atom stereocenters. The molecule has 2 nitrogen and oxygen atoms in total. The standard InChI is InChI=1S/C83H81BN2/c1-77(2,3)47-31-34-70-59(38-47)60-40-51(81(13,14)15)43-68-73(60)85(70)75-63(56-33-32-53(54-25-19-20-26-55(54)56)46-35-48(78(4,5)6)37-49(36-46)79(7,8)9)45-67-76-71(75)84(68)69-44-52(82(16,17)18)41-62-61-39-50(80(10,11)12)42-66(72(61)86(76)74(62)69)83(67)64-29-23-21-27-57(64)58-28-22-24-30-65(58)83/h19-45H,1-18H3. The van der Waals surface area contributed by atoms with E-state index in [1.54, 1.807) is 0 Å². The van der Waals surface area contributed by atoms with Gasteiger partial charge in [-0.1, -0.05) is 252 Å². The van der Waals surface area contributed by atoms with Crippen molar-refractivity contribution in [1.82, 2.24) is 9.13 Å². The van der Waals surface area contributed by atoms with Crippen molar-refractivity contribution in [2.75, 3.05) is 0 Å². The van der Waals surface area contributed by atoms with Crippen LogP contribution in [0.3, 0.4) is 0 Å². The molecule has 10 aromatic carbocycles. The van der Waals surface area contributed by atoms with Gasteiger partial charge in [0.1, 0.15) is 0 Å². The second-order valence-electron chi connectivity index (χ2n) is 32.6. The largest absolute Gasteiger partial charge is 0.310 e. The summed E-state index contributed by atoms with van der Waals surface area (Å²) in [6, 6.07) is 66.7. The summed E-state index contributed by atoms with van der Waals surface area (Å²) in [5, 5.41) is 7.94. The van der Waals surface area contributed by atoms with Crippen molar-refractivity contribution < 1.29 is 0 Å². The van der Waals surface area contributed by atoms with Crippen LogP contribution in [0.1, 0.15) is 180 Å². The molecular weight excluding hydrogens is 1040 g/mol. The van der Waals surface area contributed by atoms with Gasteiger partial charge in [0.25, 0.3) is 6.71 Å². The van der Waals surface area contributed by atoms with E-state index in [0.717, 1.165) is 0 Å². The van der Waals surface area contributed by atoms with Crippen LogP contribution in [0, 0.1) is 0 Å². The van der Waals surface area contributed by atoms with Gasteiger partial charge in [-0.2, -0.15) is 0 Å². The molecule has 3 aliphatic heterocycles. The first kappa shape index (κ1) is 53.6. The van der Waals surface area contributed by atoms with Gasteiger partial charge in [0.15, 0.2) is 0 Å². The van der Waals surface area contributed by atoms with Crippen molar-refractivity contribution in [3.05, 3.63) is 219 Å². The molecule has 0 saturated heterocycles. The molecule has 0 N–H and O–H groups in total. The van der Waals surface area contributed by atoms with E-state index in [9.17, 15) is 0 Å². The molecular formula is C83H81BN2. The number of aromatic nitrogens is 2. The molecule has 0 saturated carbocycles. The SMILES string of the molecule is CC(C)(C)c1cc(-c2ccc(-c3cc4c5c6c3-n3c7ccc(C(C)(C)C)cc7c7cc(C(C)(C)C)cc(c73)B6c3cc(C(C)(C)C)cc6c7cc(C(C)(C)C)cc(c7n-5c36)C43c4ccccc4-c4ccccc43)c3ccccc23)cc(C(C)(C)C)c1. The van der Waals surface area contributed by atoms with E-state index in [2.05, 4.69) is 298 Å². The van der Waals surface area contributed by atoms with E-state index in [0.29, 0.717) is 0 Å². The Balaban J connectivity index is 1.17. The van der Waals surface area contributed by atoms with Gasteiger partial charge in [0, 0.05) is 43.8 Å². The quantitative estimate of drug-likeness (QED) is 0.153. The first-order valence-corrected chi connectivity index (χ1v) is 31.9. The number of benzene rings is 10. The summed E-state index contributed by atoms with van der Waals surface area (Å²) >= 11 is 0. The summed E-state index contributed by atoms with van der Waals surface area (Å²) in [4.78, 5) is 0. The molecule has 0 amide bonds. The Labute approximate surface area is 510 Å². The molecule has 426 valence electrons. The van der Waals surface area contributed by atoms with Crippen molar-refractivity contribution in [2.45, 2.75) is 163 Å². The summed E-state index contributed by atoms with van der Waals surface area (Å²) in [6.07, 6.45) is 0. The van der Waals surface area contributed by atoms with Crippen molar-refractivity contribution in [3.63, 3.8) is 0 Å². The first-order valence-electron chi connectivity index (χ1n) is 31.9. The summed E-state index contributed by atoms with van der Waals surface area (Å²) in [6.45, 7) is 42.9. The fraction of sp³-hybridized carbons (Fsp3) is 0.301. The van der Waals surface area contributed by atoms with Gasteiger partial charge >= 0.3 is 0 Å². The van der Waals surface area contributed by atoms with E-state index in [1.165, 1.54) is 171 Å². The zero-order valence-electron chi connectivity index (χ0n) is 54.1. The highest BCUT2D eigenvalue weighted by Crippen LogP contribution is 2.63. The lowest BCUT2D eigenvalue weighted by atomic mass is 9.33. The third kappa shape index (κ3) is 7.03. The molecule has 86 heavy (non-hydrogen) atoms. The second kappa shape index (κ2) is 16.8. The first-order chi connectivity index (χ1) is 40.5. The Morgan fingerprint density at radius 1 is 0.291 bits per heavy atom. The fourth-order valence-electron chi connectivity index (χ4n) is 16.2. The molecule has 1 spiro atoms. The van der Waals surface area contributed by atoms with Crippen molar-refractivity contribution in [2.24, 2.45) is 0 Å². The minimum Gasteiger partial charge on any atom is -0.310 e. The average Bonchev–Trinajstić information content (AvgIpc) is 1.39. The third-order valence-corrected chi connectivity index (χ3v) is 21.0. The minimum atomic E-state index is -0.666. The van der Waals surface area contributed by atoms with Gasteiger partial charge < -0.3 is 9.13 Å². The smallest absolute Gasteiger partial charge is 0.252 e. The molecule has 0 fully saturated rings. The monoisotopic (exact) mass is 1120 g/mol. The van der Waals surface area contributed by atoms with Gasteiger partial charge in [-0.15, -0.1) is 0 Å². The normalized spacial score (nSPS) is 14.9. The van der Waals surface area contributed by atoms with Crippen LogP contribution in [-0.2, 0) is 37.9 Å². The second-order valence-corrected chi connectivity index (χ2v) is 32.6. The number of fused-ring (bicyclic) bond motifs is 15. The Kier molecular flexibility index (Phi) is 10.5. The Morgan fingerprint density at radius 2 is 0.733 bits per heavy atom. The van der Waals surface area contributed by atoms with Crippen LogP contribution in [0.4, 0.5) is 0 Å². The molecule has 5 heterocycles. The van der Waals surface area contributed by atoms with Crippen molar-refractivity contribution in [3.8, 4) is 44.8 Å². The number of rotatable bonds is 2. The molecule has 1 aliphatic carbocycles. The number of hydrogen-bond donors (Lipinski definition) is 0. The molecule has 16 rings (SSSR count).